The summed E-state index contributed by atoms with van der Waals surface area (Å²) in [6.45, 7) is 3.40. The molecule has 120 valence electrons. The summed E-state index contributed by atoms with van der Waals surface area (Å²) >= 11 is 0. The summed E-state index contributed by atoms with van der Waals surface area (Å²) in [5.41, 5.74) is 2.80. The van der Waals surface area contributed by atoms with Crippen LogP contribution in [-0.2, 0) is 4.74 Å². The second-order valence-electron chi connectivity index (χ2n) is 5.11. The molecule has 2 heterocycles. The number of benzene rings is 1. The normalized spacial score (nSPS) is 11.4. The first-order valence-corrected chi connectivity index (χ1v) is 7.47. The lowest BCUT2D eigenvalue weighted by atomic mass is 10.2. The average Bonchev–Trinajstić information content (AvgIpc) is 2.99. The number of aromatic amines is 1. The van der Waals surface area contributed by atoms with Crippen LogP contribution in [0.1, 0.15) is 13.8 Å². The van der Waals surface area contributed by atoms with Crippen LogP contribution < -0.4 is 5.32 Å². The van der Waals surface area contributed by atoms with E-state index in [9.17, 15) is 4.79 Å². The Morgan fingerprint density at radius 1 is 1.33 bits per heavy atom. The number of nitrogens with zero attached hydrogens (tertiary/aromatic N) is 2. The van der Waals surface area contributed by atoms with Gasteiger partial charge in [-0.3, -0.25) is 5.32 Å². The van der Waals surface area contributed by atoms with Crippen molar-refractivity contribution in [2.24, 2.45) is 0 Å². The molecule has 0 saturated heterocycles. The molecule has 0 spiro atoms. The molecule has 3 rings (SSSR count). The molecule has 2 aromatic heterocycles. The molecule has 0 aliphatic carbocycles. The van der Waals surface area contributed by atoms with Crippen molar-refractivity contribution < 1.29 is 9.53 Å². The number of nitrogens with one attached hydrogen (secondary N) is 2. The summed E-state index contributed by atoms with van der Waals surface area (Å²) in [5.74, 6) is 6.17. The van der Waals surface area contributed by atoms with Crippen LogP contribution >= 0.6 is 0 Å². The van der Waals surface area contributed by atoms with E-state index in [1.807, 2.05) is 30.3 Å². The number of ether oxygens (including phenoxy) is 1. The van der Waals surface area contributed by atoms with Gasteiger partial charge in [-0.1, -0.05) is 36.3 Å². The Bertz CT molecular complexity index is 922. The molecule has 6 heteroatoms. The maximum absolute atomic E-state index is 11.8. The second-order valence-corrected chi connectivity index (χ2v) is 5.11. The number of rotatable bonds is 3. The summed E-state index contributed by atoms with van der Waals surface area (Å²) in [6.07, 6.45) is 0.493. The molecule has 6 nitrogen and oxygen atoms in total. The molecule has 24 heavy (non-hydrogen) atoms. The van der Waals surface area contributed by atoms with E-state index >= 15 is 0 Å². The van der Waals surface area contributed by atoms with Crippen molar-refractivity contribution in [2.45, 2.75) is 20.0 Å². The third kappa shape index (κ3) is 3.52. The lowest BCUT2D eigenvalue weighted by molar-refractivity contribution is 0.145. The number of aromatic nitrogens is 3. The van der Waals surface area contributed by atoms with Gasteiger partial charge in [-0.2, -0.15) is 0 Å². The molecule has 1 aromatic carbocycles. The third-order valence-electron chi connectivity index (χ3n) is 3.26. The van der Waals surface area contributed by atoms with E-state index in [4.69, 9.17) is 4.74 Å². The lowest BCUT2D eigenvalue weighted by Crippen LogP contribution is -2.19. The minimum absolute atomic E-state index is 0.469. The summed E-state index contributed by atoms with van der Waals surface area (Å²) in [5, 5.41) is 2.63. The predicted molar refractivity (Wildman–Crippen MR) is 92.3 cm³/mol. The Morgan fingerprint density at radius 2 is 2.12 bits per heavy atom. The maximum Gasteiger partial charge on any atom is 0.412 e. The van der Waals surface area contributed by atoms with Gasteiger partial charge in [0, 0.05) is 5.56 Å². The van der Waals surface area contributed by atoms with Gasteiger partial charge >= 0.3 is 6.09 Å². The molecular weight excluding hydrogens is 304 g/mol. The molecule has 0 saturated carbocycles. The molecule has 0 aliphatic heterocycles. The Morgan fingerprint density at radius 3 is 2.88 bits per heavy atom. The molecule has 2 N–H and O–H groups in total. The quantitative estimate of drug-likeness (QED) is 0.723. The number of fused-ring (bicyclic) bond motifs is 1. The highest BCUT2D eigenvalue weighted by Crippen LogP contribution is 2.21. The fourth-order valence-electron chi connectivity index (χ4n) is 2.24. The van der Waals surface area contributed by atoms with Crippen LogP contribution in [0.2, 0.25) is 0 Å². The van der Waals surface area contributed by atoms with Crippen LogP contribution in [0, 0.1) is 11.8 Å². The second kappa shape index (κ2) is 6.84. The fourth-order valence-corrected chi connectivity index (χ4v) is 2.24. The van der Waals surface area contributed by atoms with Crippen LogP contribution in [-0.4, -0.2) is 27.1 Å². The van der Waals surface area contributed by atoms with Gasteiger partial charge in [-0.25, -0.2) is 14.8 Å². The number of imidazole rings is 1. The topological polar surface area (TPSA) is 79.9 Å². The van der Waals surface area contributed by atoms with E-state index in [2.05, 4.69) is 32.1 Å². The van der Waals surface area contributed by atoms with Gasteiger partial charge in [0.05, 0.1) is 17.4 Å². The number of hydrogen-bond donors (Lipinski definition) is 2. The molecule has 3 aromatic rings. The highest BCUT2D eigenvalue weighted by atomic mass is 16.6. The molecule has 1 unspecified atom stereocenters. The zero-order valence-corrected chi connectivity index (χ0v) is 13.3. The molecule has 0 radical (unpaired) electrons. The van der Waals surface area contributed by atoms with Gasteiger partial charge in [-0.05, 0) is 19.9 Å². The lowest BCUT2D eigenvalue weighted by Gasteiger charge is -2.08. The Kier molecular flexibility index (Phi) is 4.43. The molecular formula is C18H16N4O2. The van der Waals surface area contributed by atoms with Crippen molar-refractivity contribution >= 4 is 22.9 Å². The number of hydrogen-bond acceptors (Lipinski definition) is 4. The van der Waals surface area contributed by atoms with Gasteiger partial charge in [0.15, 0.2) is 11.8 Å². The largest absolute Gasteiger partial charge is 0.433 e. The van der Waals surface area contributed by atoms with Crippen molar-refractivity contribution in [1.82, 2.24) is 15.0 Å². The van der Waals surface area contributed by atoms with Gasteiger partial charge in [0.1, 0.15) is 5.82 Å². The Labute approximate surface area is 139 Å². The summed E-state index contributed by atoms with van der Waals surface area (Å²) < 4.78 is 5.10. The zero-order valence-electron chi connectivity index (χ0n) is 13.3. The molecule has 0 bridgehead atoms. The first-order chi connectivity index (χ1) is 11.7. The van der Waals surface area contributed by atoms with Crippen LogP contribution in [0.25, 0.3) is 22.6 Å². The van der Waals surface area contributed by atoms with E-state index in [0.29, 0.717) is 11.3 Å². The molecule has 1 amide bonds. The number of amides is 1. The number of H-pyrrole nitrogens is 1. The maximum atomic E-state index is 11.8. The van der Waals surface area contributed by atoms with Crippen LogP contribution in [0.5, 0.6) is 0 Å². The number of pyridine rings is 1. The van der Waals surface area contributed by atoms with Crippen molar-refractivity contribution in [3.8, 4) is 23.2 Å². The fraction of sp³-hybridized carbons (Fsp3) is 0.167. The number of carbonyl (C=O) groups excluding carboxylic acids is 1. The van der Waals surface area contributed by atoms with E-state index in [0.717, 1.165) is 16.9 Å². The van der Waals surface area contributed by atoms with Gasteiger partial charge in [-0.15, -0.1) is 5.92 Å². The van der Waals surface area contributed by atoms with E-state index in [1.165, 1.54) is 6.20 Å². The summed E-state index contributed by atoms with van der Waals surface area (Å²) in [6, 6.07) is 11.5. The van der Waals surface area contributed by atoms with E-state index in [-0.39, 0.29) is 0 Å². The highest BCUT2D eigenvalue weighted by Gasteiger charge is 2.10. The van der Waals surface area contributed by atoms with E-state index in [1.54, 1.807) is 19.9 Å². The monoisotopic (exact) mass is 320 g/mol. The first-order valence-electron chi connectivity index (χ1n) is 7.47. The first kappa shape index (κ1) is 15.6. The molecule has 1 atom stereocenters. The predicted octanol–water partition coefficient (Wildman–Crippen LogP) is 3.59. The minimum Gasteiger partial charge on any atom is -0.433 e. The third-order valence-corrected chi connectivity index (χ3v) is 3.26. The Balaban J connectivity index is 1.78. The van der Waals surface area contributed by atoms with Crippen molar-refractivity contribution in [1.29, 1.82) is 0 Å². The smallest absolute Gasteiger partial charge is 0.412 e. The summed E-state index contributed by atoms with van der Waals surface area (Å²) in [4.78, 5) is 23.7. The minimum atomic E-state index is -0.575. The van der Waals surface area contributed by atoms with Gasteiger partial charge < -0.3 is 9.72 Å². The van der Waals surface area contributed by atoms with Crippen LogP contribution in [0.4, 0.5) is 10.5 Å². The molecule has 0 aliphatic rings. The van der Waals surface area contributed by atoms with Gasteiger partial charge in [0.25, 0.3) is 0 Å². The summed E-state index contributed by atoms with van der Waals surface area (Å²) in [7, 11) is 0. The van der Waals surface area contributed by atoms with Crippen LogP contribution in [0.15, 0.2) is 42.6 Å². The SMILES string of the molecule is CC#CC(C)OC(=O)Nc1cnc2nc(-c3ccccc3)[nH]c2c1. The standard InChI is InChI=1S/C18H16N4O2/c1-3-7-12(2)24-18(23)20-14-10-15-17(19-11-14)22-16(21-15)13-8-5-4-6-9-13/h4-6,8-12H,1-2H3,(H,20,23)(H,19,21,22). The molecule has 0 fully saturated rings. The van der Waals surface area contributed by atoms with Crippen molar-refractivity contribution in [2.75, 3.05) is 5.32 Å². The van der Waals surface area contributed by atoms with E-state index < -0.39 is 12.2 Å². The number of anilines is 1. The highest BCUT2D eigenvalue weighted by molar-refractivity contribution is 5.88. The number of carbonyl (C=O) groups is 1. The average molecular weight is 320 g/mol. The van der Waals surface area contributed by atoms with Crippen molar-refractivity contribution in [3.05, 3.63) is 42.6 Å². The van der Waals surface area contributed by atoms with Crippen molar-refractivity contribution in [3.63, 3.8) is 0 Å². The van der Waals surface area contributed by atoms with Crippen LogP contribution in [0.3, 0.4) is 0 Å². The Hall–Kier alpha value is -3.33. The zero-order chi connectivity index (χ0) is 16.9. The van der Waals surface area contributed by atoms with Gasteiger partial charge in [0.2, 0.25) is 0 Å².